The lowest BCUT2D eigenvalue weighted by atomic mass is 9.90. The Morgan fingerprint density at radius 2 is 2.05 bits per heavy atom. The van der Waals surface area contributed by atoms with Gasteiger partial charge in [0.2, 0.25) is 5.91 Å². The SMILES string of the molecule is [2H]C([2H])([2H])C([2H])(C)C([2H])([2H])[C@H](CC(=O)[C@H]1O[C@@H]1C(=O)O)C(=O)NCCC(C)C. The maximum atomic E-state index is 12.6. The predicted molar refractivity (Wildman–Crippen MR) is 81.3 cm³/mol. The average molecular weight is 319 g/mol. The molecular formula is C16H27NO5. The number of nitrogens with one attached hydrogen (secondary N) is 1. The van der Waals surface area contributed by atoms with E-state index < -0.39 is 61.3 Å². The Hall–Kier alpha value is -1.43. The highest BCUT2D eigenvalue weighted by molar-refractivity contribution is 5.95. The van der Waals surface area contributed by atoms with Crippen molar-refractivity contribution in [3.05, 3.63) is 0 Å². The molecule has 6 nitrogen and oxygen atoms in total. The molecular weight excluding hydrogens is 286 g/mol. The van der Waals surface area contributed by atoms with Crippen LogP contribution >= 0.6 is 0 Å². The normalized spacial score (nSPS) is 29.6. The van der Waals surface area contributed by atoms with Crippen molar-refractivity contribution in [3.8, 4) is 0 Å². The predicted octanol–water partition coefficient (Wildman–Crippen LogP) is 1.62. The highest BCUT2D eigenvalue weighted by Crippen LogP contribution is 2.27. The first-order chi connectivity index (χ1) is 12.5. The molecule has 1 saturated heterocycles. The van der Waals surface area contributed by atoms with Crippen LogP contribution < -0.4 is 5.32 Å². The molecule has 1 aliphatic rings. The highest BCUT2D eigenvalue weighted by atomic mass is 16.6. The molecule has 0 aromatic carbocycles. The van der Waals surface area contributed by atoms with Crippen LogP contribution in [-0.4, -0.2) is 41.5 Å². The van der Waals surface area contributed by atoms with E-state index in [9.17, 15) is 14.4 Å². The fourth-order valence-corrected chi connectivity index (χ4v) is 1.94. The van der Waals surface area contributed by atoms with Gasteiger partial charge in [0.25, 0.3) is 0 Å². The molecule has 1 unspecified atom stereocenters. The van der Waals surface area contributed by atoms with E-state index >= 15 is 0 Å². The van der Waals surface area contributed by atoms with Gasteiger partial charge < -0.3 is 15.2 Å². The van der Waals surface area contributed by atoms with Crippen LogP contribution in [0.4, 0.5) is 0 Å². The number of amides is 1. The molecule has 0 radical (unpaired) electrons. The van der Waals surface area contributed by atoms with Crippen molar-refractivity contribution >= 4 is 17.7 Å². The van der Waals surface area contributed by atoms with Gasteiger partial charge in [-0.15, -0.1) is 0 Å². The second-order valence-electron chi connectivity index (χ2n) is 5.78. The molecule has 6 heteroatoms. The Labute approximate surface area is 140 Å². The summed E-state index contributed by atoms with van der Waals surface area (Å²) in [5.41, 5.74) is 0. The third-order valence-electron chi connectivity index (χ3n) is 3.19. The van der Waals surface area contributed by atoms with Crippen molar-refractivity contribution in [2.24, 2.45) is 17.7 Å². The average Bonchev–Trinajstić information content (AvgIpc) is 3.31. The molecule has 0 aromatic heterocycles. The van der Waals surface area contributed by atoms with E-state index in [0.29, 0.717) is 6.42 Å². The second kappa shape index (κ2) is 8.27. The van der Waals surface area contributed by atoms with Gasteiger partial charge in [-0.3, -0.25) is 9.59 Å². The number of carboxylic acid groups (broad SMARTS) is 1. The van der Waals surface area contributed by atoms with Crippen LogP contribution in [0, 0.1) is 17.7 Å². The van der Waals surface area contributed by atoms with Crippen LogP contribution in [0.1, 0.15) is 55.1 Å². The van der Waals surface area contributed by atoms with Crippen LogP contribution in [0.25, 0.3) is 0 Å². The van der Waals surface area contributed by atoms with Crippen molar-refractivity contribution in [1.29, 1.82) is 0 Å². The zero-order chi connectivity index (χ0) is 22.1. The summed E-state index contributed by atoms with van der Waals surface area (Å²) in [6.45, 7) is 1.82. The Morgan fingerprint density at radius 3 is 2.55 bits per heavy atom. The summed E-state index contributed by atoms with van der Waals surface area (Å²) < 4.78 is 51.7. The molecule has 0 bridgehead atoms. The quantitative estimate of drug-likeness (QED) is 0.597. The number of carbonyl (C=O) groups excluding carboxylic acids is 2. The van der Waals surface area contributed by atoms with Crippen molar-refractivity contribution < 1.29 is 32.5 Å². The van der Waals surface area contributed by atoms with E-state index in [1.165, 1.54) is 0 Å². The maximum absolute atomic E-state index is 12.6. The number of epoxide rings is 1. The largest absolute Gasteiger partial charge is 0.479 e. The lowest BCUT2D eigenvalue weighted by Crippen LogP contribution is -2.34. The van der Waals surface area contributed by atoms with Crippen LogP contribution in [0.5, 0.6) is 0 Å². The molecule has 4 atom stereocenters. The number of carboxylic acids is 1. The number of ether oxygens (including phenoxy) is 1. The number of rotatable bonds is 10. The molecule has 0 aliphatic carbocycles. The molecule has 126 valence electrons. The number of hydrogen-bond acceptors (Lipinski definition) is 4. The number of ketones is 1. The van der Waals surface area contributed by atoms with Crippen molar-refractivity contribution in [2.75, 3.05) is 6.54 Å². The third-order valence-corrected chi connectivity index (χ3v) is 3.19. The minimum absolute atomic E-state index is 0.192. The van der Waals surface area contributed by atoms with Gasteiger partial charge in [-0.2, -0.15) is 0 Å². The zero-order valence-corrected chi connectivity index (χ0v) is 13.0. The number of carbonyl (C=O) groups is 3. The van der Waals surface area contributed by atoms with Crippen molar-refractivity contribution in [1.82, 2.24) is 5.32 Å². The van der Waals surface area contributed by atoms with Gasteiger partial charge in [0.05, 0.1) is 0 Å². The third kappa shape index (κ3) is 6.13. The summed E-state index contributed by atoms with van der Waals surface area (Å²) in [6, 6.07) is 0. The standard InChI is InChI=1S/C16H27NO5/c1-9(2)5-6-17-15(19)11(7-10(3)4)8-12(18)13-14(22-13)16(20)21/h9-11,13-14H,5-8H2,1-4H3,(H,17,19)(H,20,21)/t11-,13-,14+/m1/s1/i3D3,7D2,10D/t10?,11-,13-,14+. The Kier molecular flexibility index (Phi) is 4.19. The molecule has 1 rings (SSSR count). The van der Waals surface area contributed by atoms with Crippen LogP contribution in [0.3, 0.4) is 0 Å². The Bertz CT molecular complexity index is 619. The second-order valence-corrected chi connectivity index (χ2v) is 5.78. The summed E-state index contributed by atoms with van der Waals surface area (Å²) in [5.74, 6) is -7.29. The van der Waals surface area contributed by atoms with Gasteiger partial charge in [0.15, 0.2) is 18.0 Å². The summed E-state index contributed by atoms with van der Waals surface area (Å²) in [6.07, 6.45) is -5.74. The van der Waals surface area contributed by atoms with Gasteiger partial charge in [-0.05, 0) is 24.6 Å². The van der Waals surface area contributed by atoms with Crippen molar-refractivity contribution in [2.45, 2.75) is 59.0 Å². The first-order valence-electron chi connectivity index (χ1n) is 10.2. The first-order valence-corrected chi connectivity index (χ1v) is 7.22. The summed E-state index contributed by atoms with van der Waals surface area (Å²) in [5, 5.41) is 11.3. The Balaban J connectivity index is 3.08. The highest BCUT2D eigenvalue weighted by Gasteiger charge is 2.50. The van der Waals surface area contributed by atoms with Crippen LogP contribution in [0.15, 0.2) is 0 Å². The van der Waals surface area contributed by atoms with Crippen LogP contribution in [-0.2, 0) is 19.1 Å². The number of aliphatic carboxylic acids is 1. The zero-order valence-electron chi connectivity index (χ0n) is 19.0. The molecule has 0 saturated carbocycles. The van der Waals surface area contributed by atoms with Crippen molar-refractivity contribution in [3.63, 3.8) is 0 Å². The summed E-state index contributed by atoms with van der Waals surface area (Å²) >= 11 is 0. The fraction of sp³-hybridized carbons (Fsp3) is 0.812. The molecule has 1 heterocycles. The van der Waals surface area contributed by atoms with Gasteiger partial charge >= 0.3 is 5.97 Å². The first kappa shape index (κ1) is 11.2. The van der Waals surface area contributed by atoms with Gasteiger partial charge in [-0.25, -0.2) is 4.79 Å². The molecule has 22 heavy (non-hydrogen) atoms. The summed E-state index contributed by atoms with van der Waals surface area (Å²) in [7, 11) is 0. The molecule has 2 N–H and O–H groups in total. The molecule has 0 aromatic rings. The van der Waals surface area contributed by atoms with E-state index in [0.717, 1.165) is 6.92 Å². The van der Waals surface area contributed by atoms with Gasteiger partial charge in [0.1, 0.15) is 0 Å². The summed E-state index contributed by atoms with van der Waals surface area (Å²) in [4.78, 5) is 35.8. The lowest BCUT2D eigenvalue weighted by molar-refractivity contribution is -0.138. The van der Waals surface area contributed by atoms with E-state index in [-0.39, 0.29) is 12.5 Å². The maximum Gasteiger partial charge on any atom is 0.336 e. The van der Waals surface area contributed by atoms with E-state index in [4.69, 9.17) is 18.1 Å². The van der Waals surface area contributed by atoms with E-state index in [1.807, 2.05) is 13.8 Å². The number of hydrogen-bond donors (Lipinski definition) is 2. The van der Waals surface area contributed by atoms with Crippen LogP contribution in [0.2, 0.25) is 0 Å². The van der Waals surface area contributed by atoms with E-state index in [2.05, 4.69) is 5.32 Å². The molecule has 1 fully saturated rings. The van der Waals surface area contributed by atoms with E-state index in [1.54, 1.807) is 0 Å². The fourth-order valence-electron chi connectivity index (χ4n) is 1.94. The Morgan fingerprint density at radius 1 is 1.36 bits per heavy atom. The van der Waals surface area contributed by atoms with Gasteiger partial charge in [-0.1, -0.05) is 27.6 Å². The van der Waals surface area contributed by atoms with Gasteiger partial charge in [0, 0.05) is 27.1 Å². The monoisotopic (exact) mass is 319 g/mol. The molecule has 1 amide bonds. The smallest absolute Gasteiger partial charge is 0.336 e. The molecule has 1 aliphatic heterocycles. The molecule has 0 spiro atoms. The minimum Gasteiger partial charge on any atom is -0.479 e. The minimum atomic E-state index is -3.06. The topological polar surface area (TPSA) is 96.0 Å². The lowest BCUT2D eigenvalue weighted by Gasteiger charge is -2.18. The number of Topliss-reactive ketones (excluding diaryl/α,β-unsaturated/α-hetero) is 1.